The molecular formula is C18H28N2O. The number of hydrogen-bond acceptors (Lipinski definition) is 3. The van der Waals surface area contributed by atoms with Crippen molar-refractivity contribution in [3.05, 3.63) is 29.3 Å². The summed E-state index contributed by atoms with van der Waals surface area (Å²) in [4.78, 5) is 2.55. The molecule has 1 aromatic rings. The summed E-state index contributed by atoms with van der Waals surface area (Å²) in [6.07, 6.45) is 6.32. The Bertz CT molecular complexity index is 466. The van der Waals surface area contributed by atoms with Gasteiger partial charge in [-0.05, 0) is 75.0 Å². The van der Waals surface area contributed by atoms with Crippen molar-refractivity contribution < 1.29 is 4.74 Å². The monoisotopic (exact) mass is 288 g/mol. The molecule has 1 aromatic carbocycles. The predicted molar refractivity (Wildman–Crippen MR) is 86.9 cm³/mol. The van der Waals surface area contributed by atoms with Crippen LogP contribution in [-0.4, -0.2) is 37.7 Å². The number of aryl methyl sites for hydroxylation is 1. The summed E-state index contributed by atoms with van der Waals surface area (Å²) in [6.45, 7) is 5.95. The van der Waals surface area contributed by atoms with Gasteiger partial charge in [0.1, 0.15) is 5.75 Å². The lowest BCUT2D eigenvalue weighted by Gasteiger charge is -2.36. The number of methoxy groups -OCH3 is 1. The maximum atomic E-state index is 5.36. The third-order valence-corrected chi connectivity index (χ3v) is 5.14. The molecule has 0 saturated carbocycles. The highest BCUT2D eigenvalue weighted by atomic mass is 16.5. The summed E-state index contributed by atoms with van der Waals surface area (Å²) in [5.41, 5.74) is 2.98. The lowest BCUT2D eigenvalue weighted by molar-refractivity contribution is 0.196. The van der Waals surface area contributed by atoms with Gasteiger partial charge in [0.25, 0.3) is 0 Å². The van der Waals surface area contributed by atoms with Crippen LogP contribution in [0.3, 0.4) is 0 Å². The van der Waals surface area contributed by atoms with Gasteiger partial charge in [-0.25, -0.2) is 0 Å². The van der Waals surface area contributed by atoms with E-state index in [0.29, 0.717) is 12.1 Å². The van der Waals surface area contributed by atoms with E-state index in [1.807, 2.05) is 0 Å². The summed E-state index contributed by atoms with van der Waals surface area (Å²) < 4.78 is 5.36. The van der Waals surface area contributed by atoms with E-state index in [1.54, 1.807) is 7.11 Å². The standard InChI is InChI=1S/C18H28N2O/c1-3-20-11-9-15(10-12-20)19-18-6-4-5-14-13-16(21-2)7-8-17(14)18/h7-8,13,15,18-19H,3-6,9-12H2,1-2H3. The van der Waals surface area contributed by atoms with Crippen LogP contribution in [0.4, 0.5) is 0 Å². The van der Waals surface area contributed by atoms with Crippen molar-refractivity contribution in [1.29, 1.82) is 0 Å². The van der Waals surface area contributed by atoms with Crippen LogP contribution in [0.15, 0.2) is 18.2 Å². The molecule has 116 valence electrons. The fraction of sp³-hybridized carbons (Fsp3) is 0.667. The zero-order valence-electron chi connectivity index (χ0n) is 13.4. The molecule has 1 unspecified atom stereocenters. The van der Waals surface area contributed by atoms with Crippen molar-refractivity contribution in [3.63, 3.8) is 0 Å². The molecule has 1 fully saturated rings. The number of nitrogens with zero attached hydrogens (tertiary/aromatic N) is 1. The van der Waals surface area contributed by atoms with E-state index in [-0.39, 0.29) is 0 Å². The highest BCUT2D eigenvalue weighted by molar-refractivity contribution is 5.39. The molecule has 0 radical (unpaired) electrons. The average molecular weight is 288 g/mol. The van der Waals surface area contributed by atoms with Gasteiger partial charge in [-0.15, -0.1) is 0 Å². The van der Waals surface area contributed by atoms with Crippen molar-refractivity contribution in [2.45, 2.75) is 51.1 Å². The second kappa shape index (κ2) is 6.80. The minimum Gasteiger partial charge on any atom is -0.497 e. The largest absolute Gasteiger partial charge is 0.497 e. The number of fused-ring (bicyclic) bond motifs is 1. The maximum absolute atomic E-state index is 5.36. The maximum Gasteiger partial charge on any atom is 0.119 e. The van der Waals surface area contributed by atoms with E-state index in [4.69, 9.17) is 4.74 Å². The summed E-state index contributed by atoms with van der Waals surface area (Å²) in [7, 11) is 1.75. The molecule has 21 heavy (non-hydrogen) atoms. The van der Waals surface area contributed by atoms with Crippen molar-refractivity contribution >= 4 is 0 Å². The van der Waals surface area contributed by atoms with Crippen LogP contribution in [0.2, 0.25) is 0 Å². The third kappa shape index (κ3) is 3.41. The molecule has 1 aliphatic heterocycles. The first kappa shape index (κ1) is 14.9. The van der Waals surface area contributed by atoms with Gasteiger partial charge in [-0.1, -0.05) is 13.0 Å². The number of benzene rings is 1. The molecule has 1 N–H and O–H groups in total. The highest BCUT2D eigenvalue weighted by Crippen LogP contribution is 2.33. The van der Waals surface area contributed by atoms with Crippen molar-refractivity contribution in [3.8, 4) is 5.75 Å². The number of hydrogen-bond donors (Lipinski definition) is 1. The van der Waals surface area contributed by atoms with E-state index in [9.17, 15) is 0 Å². The first-order valence-electron chi connectivity index (χ1n) is 8.45. The minimum absolute atomic E-state index is 0.540. The average Bonchev–Trinajstić information content (AvgIpc) is 2.55. The van der Waals surface area contributed by atoms with Gasteiger partial charge < -0.3 is 15.0 Å². The van der Waals surface area contributed by atoms with E-state index >= 15 is 0 Å². The van der Waals surface area contributed by atoms with E-state index in [1.165, 1.54) is 62.9 Å². The molecule has 1 saturated heterocycles. The number of ether oxygens (including phenoxy) is 1. The number of piperidine rings is 1. The Morgan fingerprint density at radius 2 is 2.05 bits per heavy atom. The minimum atomic E-state index is 0.540. The van der Waals surface area contributed by atoms with Crippen molar-refractivity contribution in [1.82, 2.24) is 10.2 Å². The molecule has 1 heterocycles. The van der Waals surface area contributed by atoms with Crippen LogP contribution in [0.25, 0.3) is 0 Å². The van der Waals surface area contributed by atoms with Gasteiger partial charge in [0, 0.05) is 12.1 Å². The molecule has 2 aliphatic rings. The fourth-order valence-corrected chi connectivity index (χ4v) is 3.79. The Balaban J connectivity index is 1.65. The summed E-state index contributed by atoms with van der Waals surface area (Å²) in [5, 5.41) is 3.93. The summed E-state index contributed by atoms with van der Waals surface area (Å²) in [5.74, 6) is 0.991. The van der Waals surface area contributed by atoms with Crippen LogP contribution in [0.1, 0.15) is 49.8 Å². The Labute approximate surface area is 128 Å². The lowest BCUT2D eigenvalue weighted by atomic mass is 9.86. The van der Waals surface area contributed by atoms with Gasteiger partial charge in [0.2, 0.25) is 0 Å². The summed E-state index contributed by atoms with van der Waals surface area (Å²) >= 11 is 0. The summed E-state index contributed by atoms with van der Waals surface area (Å²) in [6, 6.07) is 7.83. The normalized spacial score (nSPS) is 23.8. The van der Waals surface area contributed by atoms with Gasteiger partial charge in [0.15, 0.2) is 0 Å². The molecule has 0 aromatic heterocycles. The second-order valence-electron chi connectivity index (χ2n) is 6.38. The van der Waals surface area contributed by atoms with Crippen LogP contribution < -0.4 is 10.1 Å². The smallest absolute Gasteiger partial charge is 0.119 e. The van der Waals surface area contributed by atoms with Gasteiger partial charge in [0.05, 0.1) is 7.11 Å². The number of rotatable bonds is 4. The first-order valence-corrected chi connectivity index (χ1v) is 8.45. The molecule has 1 aliphatic carbocycles. The Morgan fingerprint density at radius 3 is 2.76 bits per heavy atom. The first-order chi connectivity index (χ1) is 10.3. The third-order valence-electron chi connectivity index (χ3n) is 5.14. The van der Waals surface area contributed by atoms with Crippen LogP contribution >= 0.6 is 0 Å². The molecule has 1 atom stereocenters. The molecule has 0 amide bonds. The molecule has 3 heteroatoms. The molecule has 0 bridgehead atoms. The van der Waals surface area contributed by atoms with Gasteiger partial charge in [-0.3, -0.25) is 0 Å². The number of likely N-dealkylation sites (tertiary alicyclic amines) is 1. The SMILES string of the molecule is CCN1CCC(NC2CCCc3cc(OC)ccc32)CC1. The second-order valence-corrected chi connectivity index (χ2v) is 6.38. The van der Waals surface area contributed by atoms with Gasteiger partial charge >= 0.3 is 0 Å². The van der Waals surface area contributed by atoms with Crippen LogP contribution in [-0.2, 0) is 6.42 Å². The van der Waals surface area contributed by atoms with Crippen LogP contribution in [0.5, 0.6) is 5.75 Å². The molecule has 3 rings (SSSR count). The molecular weight excluding hydrogens is 260 g/mol. The zero-order chi connectivity index (χ0) is 14.7. The fourth-order valence-electron chi connectivity index (χ4n) is 3.79. The molecule has 3 nitrogen and oxygen atoms in total. The van der Waals surface area contributed by atoms with Crippen LogP contribution in [0, 0.1) is 0 Å². The predicted octanol–water partition coefficient (Wildman–Crippen LogP) is 3.15. The topological polar surface area (TPSA) is 24.5 Å². The number of nitrogens with one attached hydrogen (secondary N) is 1. The lowest BCUT2D eigenvalue weighted by Crippen LogP contribution is -2.44. The Hall–Kier alpha value is -1.06. The zero-order valence-corrected chi connectivity index (χ0v) is 13.4. The van der Waals surface area contributed by atoms with E-state index in [2.05, 4.69) is 35.3 Å². The molecule has 0 spiro atoms. The van der Waals surface area contributed by atoms with Crippen molar-refractivity contribution in [2.75, 3.05) is 26.7 Å². The van der Waals surface area contributed by atoms with E-state index < -0.39 is 0 Å². The van der Waals surface area contributed by atoms with Crippen molar-refractivity contribution in [2.24, 2.45) is 0 Å². The Morgan fingerprint density at radius 1 is 1.24 bits per heavy atom. The highest BCUT2D eigenvalue weighted by Gasteiger charge is 2.25. The Kier molecular flexibility index (Phi) is 4.81. The van der Waals surface area contributed by atoms with Gasteiger partial charge in [-0.2, -0.15) is 0 Å². The van der Waals surface area contributed by atoms with E-state index in [0.717, 1.165) is 5.75 Å². The quantitative estimate of drug-likeness (QED) is 0.921.